The molecule has 0 aliphatic heterocycles. The average molecular weight is 305 g/mol. The number of carboxylic acid groups (broad SMARTS) is 1. The Labute approximate surface area is 132 Å². The zero-order valence-electron chi connectivity index (χ0n) is 13.8. The van der Waals surface area contributed by atoms with E-state index in [-0.39, 0.29) is 23.8 Å². The lowest BCUT2D eigenvalue weighted by Crippen LogP contribution is -2.31. The summed E-state index contributed by atoms with van der Waals surface area (Å²) in [6, 6.07) is 9.97. The number of unbranched alkanes of at least 4 members (excludes halogenated alkanes) is 1. The van der Waals surface area contributed by atoms with E-state index >= 15 is 0 Å². The monoisotopic (exact) mass is 305 g/mol. The Bertz CT molecular complexity index is 477. The van der Waals surface area contributed by atoms with Crippen LogP contribution in [0.2, 0.25) is 0 Å². The molecule has 4 nitrogen and oxygen atoms in total. The van der Waals surface area contributed by atoms with E-state index in [4.69, 9.17) is 5.11 Å². The number of rotatable bonds is 8. The molecule has 0 saturated carbocycles. The van der Waals surface area contributed by atoms with E-state index in [0.29, 0.717) is 19.3 Å². The van der Waals surface area contributed by atoms with Gasteiger partial charge in [-0.25, -0.2) is 0 Å². The van der Waals surface area contributed by atoms with Crippen molar-refractivity contribution in [3.05, 3.63) is 35.9 Å². The molecule has 4 heteroatoms. The molecule has 1 unspecified atom stereocenters. The van der Waals surface area contributed by atoms with Crippen molar-refractivity contribution < 1.29 is 14.7 Å². The molecule has 0 aromatic heterocycles. The van der Waals surface area contributed by atoms with Crippen molar-refractivity contribution in [1.82, 2.24) is 5.32 Å². The summed E-state index contributed by atoms with van der Waals surface area (Å²) in [7, 11) is 0. The van der Waals surface area contributed by atoms with Crippen LogP contribution >= 0.6 is 0 Å². The number of carbonyl (C=O) groups excluding carboxylic acids is 1. The third-order valence-electron chi connectivity index (χ3n) is 3.40. The van der Waals surface area contributed by atoms with Gasteiger partial charge >= 0.3 is 5.97 Å². The van der Waals surface area contributed by atoms with Gasteiger partial charge in [0, 0.05) is 12.8 Å². The van der Waals surface area contributed by atoms with Crippen LogP contribution in [0.4, 0.5) is 0 Å². The summed E-state index contributed by atoms with van der Waals surface area (Å²) in [5.41, 5.74) is 1.22. The number of carboxylic acids is 1. The summed E-state index contributed by atoms with van der Waals surface area (Å²) >= 11 is 0. The van der Waals surface area contributed by atoms with Crippen molar-refractivity contribution in [1.29, 1.82) is 0 Å². The average Bonchev–Trinajstić information content (AvgIpc) is 2.42. The maximum Gasteiger partial charge on any atom is 0.303 e. The summed E-state index contributed by atoms with van der Waals surface area (Å²) in [4.78, 5) is 22.6. The molecule has 22 heavy (non-hydrogen) atoms. The largest absolute Gasteiger partial charge is 0.481 e. The minimum atomic E-state index is -0.810. The third kappa shape index (κ3) is 7.81. The Morgan fingerprint density at radius 1 is 1.09 bits per heavy atom. The topological polar surface area (TPSA) is 66.4 Å². The first-order valence-electron chi connectivity index (χ1n) is 7.84. The molecule has 0 heterocycles. The molecule has 0 aliphatic rings. The zero-order chi connectivity index (χ0) is 16.6. The second-order valence-corrected chi connectivity index (χ2v) is 6.90. The van der Waals surface area contributed by atoms with Gasteiger partial charge in [-0.2, -0.15) is 0 Å². The fourth-order valence-electron chi connectivity index (χ4n) is 2.38. The summed E-state index contributed by atoms with van der Waals surface area (Å²) in [6.07, 6.45) is 2.50. The molecule has 0 spiro atoms. The standard InChI is InChI=1S/C18H27NO3/c1-18(2,3)13-15(14-9-5-4-6-10-14)19-16(20)11-7-8-12-17(21)22/h4-6,9-10,15H,7-8,11-13H2,1-3H3,(H,19,20)(H,21,22). The molecule has 2 N–H and O–H groups in total. The molecule has 1 atom stereocenters. The number of hydrogen-bond acceptors (Lipinski definition) is 2. The highest BCUT2D eigenvalue weighted by Gasteiger charge is 2.21. The number of aliphatic carboxylic acids is 1. The summed E-state index contributed by atoms with van der Waals surface area (Å²) < 4.78 is 0. The molecule has 1 aromatic rings. The molecule has 0 fully saturated rings. The predicted octanol–water partition coefficient (Wildman–Crippen LogP) is 3.93. The van der Waals surface area contributed by atoms with Crippen molar-refractivity contribution in [3.8, 4) is 0 Å². The van der Waals surface area contributed by atoms with E-state index in [1.165, 1.54) is 0 Å². The van der Waals surface area contributed by atoms with Crippen LogP contribution in [-0.4, -0.2) is 17.0 Å². The van der Waals surface area contributed by atoms with Crippen LogP contribution in [0.3, 0.4) is 0 Å². The first-order valence-corrected chi connectivity index (χ1v) is 7.84. The van der Waals surface area contributed by atoms with Gasteiger partial charge in [-0.05, 0) is 30.2 Å². The highest BCUT2D eigenvalue weighted by atomic mass is 16.4. The molecule has 1 aromatic carbocycles. The van der Waals surface area contributed by atoms with Crippen molar-refractivity contribution in [2.75, 3.05) is 0 Å². The molecule has 1 rings (SSSR count). The van der Waals surface area contributed by atoms with E-state index in [0.717, 1.165) is 12.0 Å². The molecule has 0 aliphatic carbocycles. The molecule has 1 amide bonds. The highest BCUT2D eigenvalue weighted by Crippen LogP contribution is 2.29. The van der Waals surface area contributed by atoms with Crippen LogP contribution in [0.5, 0.6) is 0 Å². The molecular formula is C18H27NO3. The lowest BCUT2D eigenvalue weighted by Gasteiger charge is -2.27. The van der Waals surface area contributed by atoms with Crippen LogP contribution in [0.15, 0.2) is 30.3 Å². The van der Waals surface area contributed by atoms with E-state index in [1.54, 1.807) is 0 Å². The van der Waals surface area contributed by atoms with Gasteiger partial charge in [-0.1, -0.05) is 51.1 Å². The molecule has 122 valence electrons. The van der Waals surface area contributed by atoms with Crippen LogP contribution in [-0.2, 0) is 9.59 Å². The Kier molecular flexibility index (Phi) is 7.09. The SMILES string of the molecule is CC(C)(C)CC(NC(=O)CCCCC(=O)O)c1ccccc1. The lowest BCUT2D eigenvalue weighted by atomic mass is 9.85. The normalized spacial score (nSPS) is 12.7. The van der Waals surface area contributed by atoms with E-state index < -0.39 is 5.97 Å². The summed E-state index contributed by atoms with van der Waals surface area (Å²) in [5.74, 6) is -0.821. The molecule has 0 radical (unpaired) electrons. The number of benzene rings is 1. The van der Waals surface area contributed by atoms with Crippen molar-refractivity contribution in [2.45, 2.75) is 58.9 Å². The minimum Gasteiger partial charge on any atom is -0.481 e. The Balaban J connectivity index is 2.57. The third-order valence-corrected chi connectivity index (χ3v) is 3.40. The number of amides is 1. The van der Waals surface area contributed by atoms with Gasteiger partial charge in [0.1, 0.15) is 0 Å². The van der Waals surface area contributed by atoms with Gasteiger partial charge in [-0.15, -0.1) is 0 Å². The van der Waals surface area contributed by atoms with Crippen molar-refractivity contribution in [3.63, 3.8) is 0 Å². The molecule has 0 bridgehead atoms. The maximum absolute atomic E-state index is 12.1. The zero-order valence-corrected chi connectivity index (χ0v) is 13.8. The van der Waals surface area contributed by atoms with Crippen molar-refractivity contribution in [2.24, 2.45) is 5.41 Å². The molecule has 0 saturated heterocycles. The fourth-order valence-corrected chi connectivity index (χ4v) is 2.38. The van der Waals surface area contributed by atoms with Gasteiger partial charge in [0.25, 0.3) is 0 Å². The smallest absolute Gasteiger partial charge is 0.303 e. The summed E-state index contributed by atoms with van der Waals surface area (Å²) in [6.45, 7) is 6.46. The van der Waals surface area contributed by atoms with Gasteiger partial charge < -0.3 is 10.4 Å². The highest BCUT2D eigenvalue weighted by molar-refractivity contribution is 5.76. The first-order chi connectivity index (χ1) is 10.3. The predicted molar refractivity (Wildman–Crippen MR) is 87.5 cm³/mol. The number of carbonyl (C=O) groups is 2. The maximum atomic E-state index is 12.1. The van der Waals surface area contributed by atoms with Gasteiger partial charge in [-0.3, -0.25) is 9.59 Å². The van der Waals surface area contributed by atoms with Crippen LogP contribution in [0.25, 0.3) is 0 Å². The number of nitrogens with one attached hydrogen (secondary N) is 1. The van der Waals surface area contributed by atoms with Crippen LogP contribution < -0.4 is 5.32 Å². The second-order valence-electron chi connectivity index (χ2n) is 6.90. The van der Waals surface area contributed by atoms with Gasteiger partial charge in [0.05, 0.1) is 6.04 Å². The quantitative estimate of drug-likeness (QED) is 0.715. The van der Waals surface area contributed by atoms with Gasteiger partial charge in [0.2, 0.25) is 5.91 Å². The van der Waals surface area contributed by atoms with Gasteiger partial charge in [0.15, 0.2) is 0 Å². The Morgan fingerprint density at radius 2 is 1.68 bits per heavy atom. The minimum absolute atomic E-state index is 0.00632. The fraction of sp³-hybridized carbons (Fsp3) is 0.556. The van der Waals surface area contributed by atoms with E-state index in [2.05, 4.69) is 26.1 Å². The molecular weight excluding hydrogens is 278 g/mol. The van der Waals surface area contributed by atoms with Crippen LogP contribution in [0, 0.1) is 5.41 Å². The first kappa shape index (κ1) is 18.2. The number of hydrogen-bond donors (Lipinski definition) is 2. The van der Waals surface area contributed by atoms with E-state index in [1.807, 2.05) is 30.3 Å². The van der Waals surface area contributed by atoms with Crippen LogP contribution in [0.1, 0.15) is 64.5 Å². The lowest BCUT2D eigenvalue weighted by molar-refractivity contribution is -0.137. The Morgan fingerprint density at radius 3 is 2.23 bits per heavy atom. The Hall–Kier alpha value is -1.84. The second kappa shape index (κ2) is 8.57. The van der Waals surface area contributed by atoms with E-state index in [9.17, 15) is 9.59 Å². The summed E-state index contributed by atoms with van der Waals surface area (Å²) in [5, 5.41) is 11.7. The van der Waals surface area contributed by atoms with Crippen molar-refractivity contribution >= 4 is 11.9 Å².